The summed E-state index contributed by atoms with van der Waals surface area (Å²) in [5.74, 6) is 0.730. The number of anilines is 3. The predicted octanol–water partition coefficient (Wildman–Crippen LogP) is 1.09. The van der Waals surface area contributed by atoms with E-state index in [0.717, 1.165) is 11.1 Å². The maximum atomic E-state index is 13.0. The molecule has 5 atom stereocenters. The molecule has 20 nitrogen and oxygen atoms in total. The van der Waals surface area contributed by atoms with Gasteiger partial charge in [-0.3, -0.25) is 4.57 Å². The fourth-order valence-corrected chi connectivity index (χ4v) is 7.67. The Kier molecular flexibility index (Phi) is 11.0. The number of carbonyl (C=O) groups is 1. The number of aliphatic hydroxyl groups excluding tert-OH is 3. The van der Waals surface area contributed by atoms with E-state index in [-0.39, 0.29) is 35.8 Å². The maximum absolute atomic E-state index is 13.0. The molecule has 58 heavy (non-hydrogen) atoms. The van der Waals surface area contributed by atoms with Gasteiger partial charge in [-0.15, -0.1) is 10.2 Å². The van der Waals surface area contributed by atoms with Crippen LogP contribution in [-0.4, -0.2) is 114 Å². The lowest BCUT2D eigenvalue weighted by atomic mass is 9.91. The number of urea groups is 1. The smallest absolute Gasteiger partial charge is 0.319 e. The van der Waals surface area contributed by atoms with E-state index in [1.54, 1.807) is 0 Å². The lowest BCUT2D eigenvalue weighted by Gasteiger charge is -2.22. The number of aliphatic hydroxyl groups is 3. The largest absolute Gasteiger partial charge is 0.394 e. The maximum Gasteiger partial charge on any atom is 0.319 e. The molecule has 3 aromatic carbocycles. The van der Waals surface area contributed by atoms with Crippen LogP contribution in [0.3, 0.4) is 0 Å². The SMILES string of the molecule is NS(=O)(=O)c1ccc(NC(=O)N[C@@H]2CCN(c3nc(NCC(c4ccccc4)c4ccccc4)c4ncn([C@@H]5O[C@H](c6nnn(CCO)n6)[C@@H](O)[C@H]5O)c4n3)C2)cc1. The van der Waals surface area contributed by atoms with Crippen LogP contribution in [0, 0.1) is 0 Å². The molecule has 6 aromatic rings. The first-order valence-electron chi connectivity index (χ1n) is 18.5. The van der Waals surface area contributed by atoms with Crippen LogP contribution in [0.1, 0.15) is 41.6 Å². The van der Waals surface area contributed by atoms with Crippen LogP contribution in [-0.2, 0) is 21.3 Å². The summed E-state index contributed by atoms with van der Waals surface area (Å²) in [6.07, 6.45) is -3.11. The van der Waals surface area contributed by atoms with Gasteiger partial charge >= 0.3 is 6.03 Å². The number of amides is 2. The molecule has 0 spiro atoms. The van der Waals surface area contributed by atoms with Crippen LogP contribution in [0.2, 0.25) is 0 Å². The van der Waals surface area contributed by atoms with Crippen molar-refractivity contribution < 1.29 is 33.3 Å². The highest BCUT2D eigenvalue weighted by molar-refractivity contribution is 7.89. The quantitative estimate of drug-likeness (QED) is 0.0860. The Bertz CT molecular complexity index is 2430. The normalized spacial score (nSPS) is 20.8. The van der Waals surface area contributed by atoms with Gasteiger partial charge in [0.15, 0.2) is 29.3 Å². The molecule has 3 aromatic heterocycles. The van der Waals surface area contributed by atoms with Gasteiger partial charge in [0, 0.05) is 37.3 Å². The number of carbonyl (C=O) groups excluding carboxylic acids is 1. The number of benzene rings is 3. The van der Waals surface area contributed by atoms with Crippen molar-refractivity contribution in [2.45, 2.75) is 54.4 Å². The Hall–Kier alpha value is -6.10. The molecule has 2 aliphatic heterocycles. The molecule has 2 fully saturated rings. The Morgan fingerprint density at radius 3 is 2.34 bits per heavy atom. The van der Waals surface area contributed by atoms with E-state index in [0.29, 0.717) is 54.7 Å². The zero-order valence-electron chi connectivity index (χ0n) is 30.9. The minimum atomic E-state index is -3.88. The molecule has 0 saturated carbocycles. The highest BCUT2D eigenvalue weighted by atomic mass is 32.2. The van der Waals surface area contributed by atoms with Crippen LogP contribution in [0.15, 0.2) is 96.2 Å². The molecule has 0 radical (unpaired) electrons. The number of sulfonamides is 1. The number of hydrogen-bond acceptors (Lipinski definition) is 15. The molecule has 2 saturated heterocycles. The van der Waals surface area contributed by atoms with Gasteiger partial charge in [-0.2, -0.15) is 14.8 Å². The van der Waals surface area contributed by atoms with Crippen molar-refractivity contribution in [3.05, 3.63) is 108 Å². The molecule has 8 N–H and O–H groups in total. The summed E-state index contributed by atoms with van der Waals surface area (Å²) < 4.78 is 30.9. The summed E-state index contributed by atoms with van der Waals surface area (Å²) in [7, 11) is -3.88. The van der Waals surface area contributed by atoms with E-state index in [4.69, 9.17) is 19.8 Å². The predicted molar refractivity (Wildman–Crippen MR) is 209 cm³/mol. The minimum absolute atomic E-state index is 0.0395. The van der Waals surface area contributed by atoms with E-state index in [1.807, 2.05) is 41.3 Å². The zero-order valence-corrected chi connectivity index (χ0v) is 31.7. The van der Waals surface area contributed by atoms with E-state index >= 15 is 0 Å². The molecule has 0 bridgehead atoms. The van der Waals surface area contributed by atoms with E-state index in [1.165, 1.54) is 40.0 Å². The van der Waals surface area contributed by atoms with Crippen LogP contribution in [0.5, 0.6) is 0 Å². The Morgan fingerprint density at radius 2 is 1.67 bits per heavy atom. The van der Waals surface area contributed by atoms with Gasteiger partial charge in [0.25, 0.3) is 0 Å². The van der Waals surface area contributed by atoms with Crippen LogP contribution in [0.25, 0.3) is 11.2 Å². The number of primary sulfonamides is 1. The average Bonchev–Trinajstić information content (AvgIpc) is 4.03. The third-order valence-corrected chi connectivity index (χ3v) is 11.0. The summed E-state index contributed by atoms with van der Waals surface area (Å²) in [6, 6.07) is 24.9. The Balaban J connectivity index is 1.07. The average molecular weight is 812 g/mol. The number of tetrazole rings is 1. The van der Waals surface area contributed by atoms with Gasteiger partial charge in [-0.05, 0) is 47.0 Å². The number of rotatable bonds is 13. The molecule has 0 aliphatic carbocycles. The fraction of sp³-hybridized carbons (Fsp3) is 0.324. The van der Waals surface area contributed by atoms with Crippen LogP contribution in [0.4, 0.5) is 22.2 Å². The molecule has 2 amide bonds. The Labute approximate surface area is 331 Å². The Morgan fingerprint density at radius 1 is 0.966 bits per heavy atom. The summed E-state index contributed by atoms with van der Waals surface area (Å²) in [6.45, 7) is 1.16. The van der Waals surface area contributed by atoms with Crippen LogP contribution >= 0.6 is 0 Å². The van der Waals surface area contributed by atoms with Gasteiger partial charge in [-0.25, -0.2) is 23.3 Å². The van der Waals surface area contributed by atoms with Crippen molar-refractivity contribution in [3.63, 3.8) is 0 Å². The number of nitrogens with one attached hydrogen (secondary N) is 3. The highest BCUT2D eigenvalue weighted by Crippen LogP contribution is 2.39. The second-order valence-corrected chi connectivity index (χ2v) is 15.5. The first-order chi connectivity index (χ1) is 28.1. The van der Waals surface area contributed by atoms with Crippen LogP contribution < -0.4 is 26.0 Å². The van der Waals surface area contributed by atoms with E-state index in [9.17, 15) is 28.5 Å². The van der Waals surface area contributed by atoms with Gasteiger partial charge in [0.2, 0.25) is 21.8 Å². The van der Waals surface area contributed by atoms with Gasteiger partial charge in [0.05, 0.1) is 24.4 Å². The van der Waals surface area contributed by atoms with Crippen molar-refractivity contribution in [3.8, 4) is 0 Å². The monoisotopic (exact) mass is 811 g/mol. The van der Waals surface area contributed by atoms with Gasteiger partial charge in [0.1, 0.15) is 12.2 Å². The molecular formula is C37H41N13O7S. The third-order valence-electron chi connectivity index (χ3n) is 10.1. The lowest BCUT2D eigenvalue weighted by molar-refractivity contribution is -0.0384. The molecule has 302 valence electrons. The molecule has 0 unspecified atom stereocenters. The van der Waals surface area contributed by atoms with Gasteiger partial charge in [-0.1, -0.05) is 60.7 Å². The highest BCUT2D eigenvalue weighted by Gasteiger charge is 2.47. The summed E-state index contributed by atoms with van der Waals surface area (Å²) in [5.41, 5.74) is 3.28. The first-order valence-corrected chi connectivity index (χ1v) is 20.0. The molecular weight excluding hydrogens is 771 g/mol. The zero-order chi connectivity index (χ0) is 40.4. The third kappa shape index (κ3) is 8.16. The minimum Gasteiger partial charge on any atom is -0.394 e. The molecule has 2 aliphatic rings. The number of ether oxygens (including phenoxy) is 1. The first kappa shape index (κ1) is 38.8. The van der Waals surface area contributed by atoms with E-state index in [2.05, 4.69) is 60.6 Å². The summed E-state index contributed by atoms with van der Waals surface area (Å²) in [5, 5.41) is 58.1. The van der Waals surface area contributed by atoms with Crippen molar-refractivity contribution in [1.82, 2.24) is 45.0 Å². The summed E-state index contributed by atoms with van der Waals surface area (Å²) >= 11 is 0. The van der Waals surface area contributed by atoms with Crippen molar-refractivity contribution in [2.75, 3.05) is 41.8 Å². The lowest BCUT2D eigenvalue weighted by Crippen LogP contribution is -2.40. The molecule has 21 heteroatoms. The number of aromatic nitrogens is 8. The number of fused-ring (bicyclic) bond motifs is 1. The standard InChI is InChI=1S/C37H41N13O7S/c38-58(55,56)26-13-11-24(12-14-26)41-37(54)42-25-15-16-48(20-25)36-43-32(39-19-27(22-7-3-1-4-8-22)23-9-5-2-6-10-23)28-34(44-36)49(21-40-28)35-30(53)29(52)31(57-35)33-45-47-50(46-33)17-18-51/h1-14,21,25,27,29-31,35,51-53H,15-20H2,(H2,38,55,56)(H,39,43,44)(H2,41,42,54)/t25-,29+,30-,31+,35-/m1/s1. The second kappa shape index (κ2) is 16.4. The van der Waals surface area contributed by atoms with Crippen molar-refractivity contribution in [2.24, 2.45) is 5.14 Å². The van der Waals surface area contributed by atoms with Crippen molar-refractivity contribution in [1.29, 1.82) is 0 Å². The fourth-order valence-electron chi connectivity index (χ4n) is 7.15. The second-order valence-electron chi connectivity index (χ2n) is 13.9. The number of hydrogen-bond donors (Lipinski definition) is 7. The number of nitrogens with two attached hydrogens (primary N) is 1. The van der Waals surface area contributed by atoms with Gasteiger partial charge < -0.3 is 40.9 Å². The van der Waals surface area contributed by atoms with E-state index < -0.39 is 40.6 Å². The number of imidazole rings is 1. The number of nitrogens with zero attached hydrogens (tertiary/aromatic N) is 9. The summed E-state index contributed by atoms with van der Waals surface area (Å²) in [4.78, 5) is 30.5. The van der Waals surface area contributed by atoms with Crippen molar-refractivity contribution >= 4 is 44.7 Å². The molecule has 8 rings (SSSR count). The topological polar surface area (TPSA) is 274 Å². The molecule has 5 heterocycles.